The lowest BCUT2D eigenvalue weighted by atomic mass is 9.80. The number of amides is 2. The van der Waals surface area contributed by atoms with E-state index in [-0.39, 0.29) is 28.5 Å². The van der Waals surface area contributed by atoms with Crippen molar-refractivity contribution in [3.63, 3.8) is 0 Å². The molecule has 2 fully saturated rings. The van der Waals surface area contributed by atoms with E-state index >= 15 is 0 Å². The average Bonchev–Trinajstić information content (AvgIpc) is 3.61. The summed E-state index contributed by atoms with van der Waals surface area (Å²) in [5.74, 6) is 1.04. The fourth-order valence-corrected chi connectivity index (χ4v) is 7.42. The molecule has 3 aliphatic rings. The van der Waals surface area contributed by atoms with Gasteiger partial charge in [-0.3, -0.25) is 14.5 Å². The molecule has 4 heterocycles. The highest BCUT2D eigenvalue weighted by atomic mass is 79.9. The molecule has 2 amide bonds. The van der Waals surface area contributed by atoms with Crippen molar-refractivity contribution in [3.8, 4) is 11.4 Å². The van der Waals surface area contributed by atoms with E-state index in [1.54, 1.807) is 16.0 Å². The number of halogens is 4. The summed E-state index contributed by atoms with van der Waals surface area (Å²) in [5, 5.41) is 4.80. The molecule has 2 aromatic heterocycles. The van der Waals surface area contributed by atoms with Crippen LogP contribution in [0.15, 0.2) is 65.5 Å². The maximum atomic E-state index is 14.4. The molecule has 0 radical (unpaired) electrons. The first kappa shape index (κ1) is 29.8. The van der Waals surface area contributed by atoms with E-state index in [0.717, 1.165) is 48.0 Å². The first-order valence-corrected chi connectivity index (χ1v) is 16.0. The summed E-state index contributed by atoms with van der Waals surface area (Å²) in [6.45, 7) is 2.01. The van der Waals surface area contributed by atoms with Crippen LogP contribution < -0.4 is 4.90 Å². The Labute approximate surface area is 267 Å². The van der Waals surface area contributed by atoms with Gasteiger partial charge < -0.3 is 9.47 Å². The number of hydrogen-bond acceptors (Lipinski definition) is 4. The largest absolute Gasteiger partial charge is 0.417 e. The molecular formula is C33H32BrF3N6O2. The number of imidazole rings is 1. The average molecular weight is 682 g/mol. The van der Waals surface area contributed by atoms with Crippen molar-refractivity contribution < 1.29 is 22.8 Å². The molecule has 1 aliphatic carbocycles. The van der Waals surface area contributed by atoms with Gasteiger partial charge in [0, 0.05) is 53.2 Å². The summed E-state index contributed by atoms with van der Waals surface area (Å²) in [6.07, 6.45) is 5.48. The van der Waals surface area contributed by atoms with Crippen molar-refractivity contribution in [1.29, 1.82) is 0 Å². The molecule has 12 heteroatoms. The lowest BCUT2D eigenvalue weighted by Crippen LogP contribution is -2.56. The van der Waals surface area contributed by atoms with Crippen LogP contribution >= 0.6 is 15.9 Å². The second-order valence-electron chi connectivity index (χ2n) is 12.4. The number of hydrogen-bond donors (Lipinski definition) is 0. The molecule has 8 nitrogen and oxygen atoms in total. The molecule has 0 spiro atoms. The topological polar surface area (TPSA) is 76.3 Å². The third kappa shape index (κ3) is 5.16. The molecule has 2 aliphatic heterocycles. The number of likely N-dealkylation sites (tertiary alicyclic amines) is 1. The van der Waals surface area contributed by atoms with Gasteiger partial charge in [-0.25, -0.2) is 9.67 Å². The molecule has 3 atom stereocenters. The van der Waals surface area contributed by atoms with E-state index in [1.165, 1.54) is 18.6 Å². The molecule has 1 saturated heterocycles. The first-order chi connectivity index (χ1) is 21.5. The maximum absolute atomic E-state index is 14.4. The minimum atomic E-state index is -4.61. The number of carbonyl (C=O) groups is 2. The zero-order valence-electron chi connectivity index (χ0n) is 24.8. The molecular weight excluding hydrogens is 649 g/mol. The van der Waals surface area contributed by atoms with E-state index in [0.29, 0.717) is 18.2 Å². The van der Waals surface area contributed by atoms with Crippen LogP contribution in [0.4, 0.5) is 24.7 Å². The highest BCUT2D eigenvalue weighted by Gasteiger charge is 2.49. The quantitative estimate of drug-likeness (QED) is 0.224. The Kier molecular flexibility index (Phi) is 7.37. The minimum absolute atomic E-state index is 0.0428. The molecule has 7 rings (SSSR count). The van der Waals surface area contributed by atoms with E-state index in [9.17, 15) is 22.8 Å². The molecule has 0 bridgehead atoms. The highest BCUT2D eigenvalue weighted by Crippen LogP contribution is 2.46. The van der Waals surface area contributed by atoms with Crippen molar-refractivity contribution in [2.24, 2.45) is 18.9 Å². The molecule has 2 aromatic carbocycles. The zero-order chi connectivity index (χ0) is 31.6. The van der Waals surface area contributed by atoms with Crippen LogP contribution in [-0.2, 0) is 24.4 Å². The van der Waals surface area contributed by atoms with E-state index in [2.05, 4.69) is 20.9 Å². The van der Waals surface area contributed by atoms with Crippen molar-refractivity contribution >= 4 is 39.2 Å². The number of fused-ring (bicyclic) bond motifs is 3. The number of benzene rings is 2. The number of carbonyl (C=O) groups excluding carboxylic acids is 2. The minimum Gasteiger partial charge on any atom is -0.334 e. The standard InChI is InChI=1S/C33H32BrF3N6O2/c1-19-14-25-28(18-41(19)31(44)22-8-11-27(34)26(16-22)33(35,36)37)43-30(23(17-39-43)15-20-4-3-5-20)42(32(25)45)24-9-6-21(7-10-24)29-38-12-13-40(29)2/h6-13,16-17,19-20,25,28H,3-5,14-15,18H2,1-2H3/t19-,25?,28?/m0/s1. The normalized spacial score (nSPS) is 21.8. The molecule has 2 unspecified atom stereocenters. The Bertz CT molecular complexity index is 1780. The molecule has 0 N–H and O–H groups in total. The number of nitrogens with zero attached hydrogens (tertiary/aromatic N) is 6. The number of aromatic nitrogens is 4. The van der Waals surface area contributed by atoms with Gasteiger partial charge in [-0.1, -0.05) is 35.2 Å². The number of anilines is 2. The maximum Gasteiger partial charge on any atom is 0.417 e. The summed E-state index contributed by atoms with van der Waals surface area (Å²) in [5.41, 5.74) is 1.70. The SMILES string of the molecule is C[C@H]1CC2C(=O)N(c3ccc(-c4nccn4C)cc3)c3c(CC4CCC4)cnn3C2CN1C(=O)c1ccc(Br)c(C(F)(F)F)c1. The first-order valence-electron chi connectivity index (χ1n) is 15.2. The Morgan fingerprint density at radius 2 is 1.87 bits per heavy atom. The van der Waals surface area contributed by atoms with Gasteiger partial charge >= 0.3 is 6.18 Å². The predicted molar refractivity (Wildman–Crippen MR) is 166 cm³/mol. The van der Waals surface area contributed by atoms with Gasteiger partial charge in [0.25, 0.3) is 5.91 Å². The lowest BCUT2D eigenvalue weighted by molar-refractivity contribution is -0.138. The Hall–Kier alpha value is -3.93. The van der Waals surface area contributed by atoms with E-state index in [4.69, 9.17) is 5.10 Å². The van der Waals surface area contributed by atoms with Crippen LogP contribution in [0.1, 0.15) is 60.1 Å². The zero-order valence-corrected chi connectivity index (χ0v) is 26.4. The van der Waals surface area contributed by atoms with Crippen LogP contribution in [0.2, 0.25) is 0 Å². The molecule has 4 aromatic rings. The lowest BCUT2D eigenvalue weighted by Gasteiger charge is -2.47. The number of piperidine rings is 1. The third-order valence-electron chi connectivity index (χ3n) is 9.60. The van der Waals surface area contributed by atoms with Crippen LogP contribution in [0.3, 0.4) is 0 Å². The monoisotopic (exact) mass is 680 g/mol. The van der Waals surface area contributed by atoms with Crippen LogP contribution in [0.25, 0.3) is 11.4 Å². The second-order valence-corrected chi connectivity index (χ2v) is 13.3. The van der Waals surface area contributed by atoms with Crippen molar-refractivity contribution in [1.82, 2.24) is 24.2 Å². The smallest absolute Gasteiger partial charge is 0.334 e. The fourth-order valence-electron chi connectivity index (χ4n) is 6.95. The van der Waals surface area contributed by atoms with Crippen LogP contribution in [0, 0.1) is 11.8 Å². The summed E-state index contributed by atoms with van der Waals surface area (Å²) < 4.78 is 44.6. The number of aryl methyl sites for hydroxylation is 1. The van der Waals surface area contributed by atoms with E-state index in [1.807, 2.05) is 59.9 Å². The van der Waals surface area contributed by atoms with Crippen molar-refractivity contribution in [3.05, 3.63) is 82.2 Å². The molecule has 1 saturated carbocycles. The Morgan fingerprint density at radius 1 is 1.11 bits per heavy atom. The summed E-state index contributed by atoms with van der Waals surface area (Å²) in [4.78, 5) is 35.9. The molecule has 45 heavy (non-hydrogen) atoms. The molecule has 234 valence electrons. The predicted octanol–water partition coefficient (Wildman–Crippen LogP) is 7.18. The van der Waals surface area contributed by atoms with Gasteiger partial charge in [-0.15, -0.1) is 0 Å². The highest BCUT2D eigenvalue weighted by molar-refractivity contribution is 9.10. The summed E-state index contributed by atoms with van der Waals surface area (Å²) >= 11 is 2.96. The van der Waals surface area contributed by atoms with Crippen LogP contribution in [0.5, 0.6) is 0 Å². The van der Waals surface area contributed by atoms with Gasteiger partial charge in [-0.2, -0.15) is 18.3 Å². The van der Waals surface area contributed by atoms with Gasteiger partial charge in [0.2, 0.25) is 5.91 Å². The number of alkyl halides is 3. The van der Waals surface area contributed by atoms with Gasteiger partial charge in [0.1, 0.15) is 11.6 Å². The fraction of sp³-hybridized carbons (Fsp3) is 0.394. The number of rotatable bonds is 5. The van der Waals surface area contributed by atoms with Crippen LogP contribution in [-0.4, -0.2) is 48.6 Å². The Morgan fingerprint density at radius 3 is 2.51 bits per heavy atom. The Balaban J connectivity index is 1.25. The second kappa shape index (κ2) is 11.1. The third-order valence-corrected chi connectivity index (χ3v) is 10.3. The van der Waals surface area contributed by atoms with Crippen molar-refractivity contribution in [2.75, 3.05) is 11.4 Å². The van der Waals surface area contributed by atoms with Crippen molar-refractivity contribution in [2.45, 2.75) is 57.3 Å². The summed E-state index contributed by atoms with van der Waals surface area (Å²) in [6, 6.07) is 10.5. The van der Waals surface area contributed by atoms with Gasteiger partial charge in [0.05, 0.1) is 29.4 Å². The van der Waals surface area contributed by atoms with Gasteiger partial charge in [0.15, 0.2) is 0 Å². The van der Waals surface area contributed by atoms with E-state index < -0.39 is 29.6 Å². The van der Waals surface area contributed by atoms with Gasteiger partial charge in [-0.05, 0) is 68.1 Å². The summed E-state index contributed by atoms with van der Waals surface area (Å²) in [7, 11) is 1.93.